The summed E-state index contributed by atoms with van der Waals surface area (Å²) in [5, 5.41) is 36.6. The number of carbonyl (C=O) groups is 5. The van der Waals surface area contributed by atoms with E-state index in [0.717, 1.165) is 18.4 Å². The number of aliphatic hydroxyl groups excluding tert-OH is 2. The maximum atomic E-state index is 13.5. The van der Waals surface area contributed by atoms with Crippen LogP contribution in [0.3, 0.4) is 0 Å². The molecule has 4 aliphatic carbocycles. The number of allylic oxidation sites excluding steroid dienone is 1. The van der Waals surface area contributed by atoms with Crippen molar-refractivity contribution in [1.29, 1.82) is 0 Å². The van der Waals surface area contributed by atoms with Gasteiger partial charge in [-0.15, -0.1) is 0 Å². The second-order valence-electron chi connectivity index (χ2n) is 14.2. The number of carbonyl (C=O) groups excluding carboxylic acids is 5. The van der Waals surface area contributed by atoms with Gasteiger partial charge in [-0.1, -0.05) is 49.8 Å². The standard InChI is InChI=1S/C36H47NO10/c1-4-46-33(44)31(32(43)21-8-6-5-7-9-21)37-28(41)12-13-29(42)47-20-27(40)36(45)17-15-25-24-11-10-22-18-23(38)14-16-34(22,2)30(24)26(39)19-35(25,36)3/h5-9,18,24-26,30-32,39,43,45H,4,10-17,19-20H2,1-3H3,(H,37,41)/t24-,25-,26-,30+,31+,32+,34-,35-,36-/m0/s1. The summed E-state index contributed by atoms with van der Waals surface area (Å²) in [7, 11) is 0. The number of rotatable bonds is 11. The van der Waals surface area contributed by atoms with Crippen LogP contribution in [-0.2, 0) is 33.4 Å². The summed E-state index contributed by atoms with van der Waals surface area (Å²) in [5.74, 6) is -2.85. The quantitative estimate of drug-likeness (QED) is 0.260. The monoisotopic (exact) mass is 653 g/mol. The van der Waals surface area contributed by atoms with Gasteiger partial charge in [0.15, 0.2) is 18.4 Å². The van der Waals surface area contributed by atoms with E-state index in [4.69, 9.17) is 9.47 Å². The van der Waals surface area contributed by atoms with Crippen LogP contribution in [0.4, 0.5) is 0 Å². The average Bonchev–Trinajstić information content (AvgIpc) is 3.32. The summed E-state index contributed by atoms with van der Waals surface area (Å²) < 4.78 is 10.2. The van der Waals surface area contributed by atoms with E-state index in [2.05, 4.69) is 12.2 Å². The first-order valence-electron chi connectivity index (χ1n) is 16.8. The van der Waals surface area contributed by atoms with Gasteiger partial charge in [0.05, 0.1) is 19.1 Å². The number of esters is 2. The van der Waals surface area contributed by atoms with Gasteiger partial charge < -0.3 is 30.1 Å². The van der Waals surface area contributed by atoms with Gasteiger partial charge in [0, 0.05) is 18.3 Å². The van der Waals surface area contributed by atoms with Gasteiger partial charge in [-0.2, -0.15) is 0 Å². The van der Waals surface area contributed by atoms with Crippen molar-refractivity contribution >= 4 is 29.4 Å². The molecule has 0 aliphatic heterocycles. The summed E-state index contributed by atoms with van der Waals surface area (Å²) >= 11 is 0. The summed E-state index contributed by atoms with van der Waals surface area (Å²) in [6.45, 7) is 4.97. The fourth-order valence-corrected chi connectivity index (χ4v) is 9.29. The topological polar surface area (TPSA) is 177 Å². The van der Waals surface area contributed by atoms with Crippen molar-refractivity contribution in [2.45, 2.75) is 102 Å². The number of benzene rings is 1. The average molecular weight is 654 g/mol. The Morgan fingerprint density at radius 1 is 1.02 bits per heavy atom. The molecule has 0 aromatic heterocycles. The minimum absolute atomic E-state index is 0.0150. The first kappa shape index (κ1) is 34.9. The largest absolute Gasteiger partial charge is 0.464 e. The Balaban J connectivity index is 1.17. The third kappa shape index (κ3) is 6.41. The molecule has 1 aromatic carbocycles. The third-order valence-corrected chi connectivity index (χ3v) is 11.7. The summed E-state index contributed by atoms with van der Waals surface area (Å²) in [5.41, 5.74) is -1.50. The fourth-order valence-electron chi connectivity index (χ4n) is 9.29. The van der Waals surface area contributed by atoms with Crippen LogP contribution in [0.25, 0.3) is 0 Å². The van der Waals surface area contributed by atoms with Crippen molar-refractivity contribution in [3.05, 3.63) is 47.5 Å². The second-order valence-corrected chi connectivity index (χ2v) is 14.2. The Kier molecular flexibility index (Phi) is 10.1. The van der Waals surface area contributed by atoms with E-state index in [1.54, 1.807) is 43.3 Å². The smallest absolute Gasteiger partial charge is 0.331 e. The highest BCUT2D eigenvalue weighted by Crippen LogP contribution is 2.67. The van der Waals surface area contributed by atoms with E-state index >= 15 is 0 Å². The first-order chi connectivity index (χ1) is 22.2. The molecular weight excluding hydrogens is 606 g/mol. The molecule has 11 heteroatoms. The van der Waals surface area contributed by atoms with Crippen molar-refractivity contribution in [1.82, 2.24) is 5.32 Å². The van der Waals surface area contributed by atoms with Crippen LogP contribution in [0.15, 0.2) is 42.0 Å². The number of ether oxygens (including phenoxy) is 2. The highest BCUT2D eigenvalue weighted by molar-refractivity contribution is 5.92. The Morgan fingerprint density at radius 2 is 1.74 bits per heavy atom. The minimum Gasteiger partial charge on any atom is -0.464 e. The maximum Gasteiger partial charge on any atom is 0.331 e. The van der Waals surface area contributed by atoms with Gasteiger partial charge in [0.1, 0.15) is 11.7 Å². The fraction of sp³-hybridized carbons (Fsp3) is 0.639. The molecule has 3 fully saturated rings. The number of ketones is 2. The predicted octanol–water partition coefficient (Wildman–Crippen LogP) is 2.89. The highest BCUT2D eigenvalue weighted by Gasteiger charge is 2.68. The minimum atomic E-state index is -1.79. The number of fused-ring (bicyclic) bond motifs is 5. The Hall–Kier alpha value is -3.41. The third-order valence-electron chi connectivity index (χ3n) is 11.7. The van der Waals surface area contributed by atoms with E-state index in [1.807, 2.05) is 6.92 Å². The summed E-state index contributed by atoms with van der Waals surface area (Å²) in [6.07, 6.45) is 2.55. The molecule has 256 valence electrons. The van der Waals surface area contributed by atoms with Gasteiger partial charge in [0.2, 0.25) is 11.7 Å². The van der Waals surface area contributed by atoms with Gasteiger partial charge in [-0.05, 0) is 80.3 Å². The SMILES string of the molecule is CCOC(=O)[C@H](NC(=O)CCC(=O)OCC(=O)[C@@]1(O)CC[C@H]2[C@@H]3CCC4=CC(=O)CC[C@]4(C)[C@H]3[C@@H](O)C[C@@]21C)[C@H](O)c1ccccc1. The molecular formula is C36H47NO10. The lowest BCUT2D eigenvalue weighted by Gasteiger charge is -2.60. The number of hydrogen-bond donors (Lipinski definition) is 4. The number of Topliss-reactive ketones (excluding diaryl/α,β-unsaturated/α-hetero) is 1. The van der Waals surface area contributed by atoms with Crippen molar-refractivity contribution in [3.63, 3.8) is 0 Å². The van der Waals surface area contributed by atoms with Crippen LogP contribution in [0.1, 0.15) is 90.2 Å². The lowest BCUT2D eigenvalue weighted by molar-refractivity contribution is -0.184. The zero-order valence-corrected chi connectivity index (χ0v) is 27.4. The summed E-state index contributed by atoms with van der Waals surface area (Å²) in [4.78, 5) is 63.5. The van der Waals surface area contributed by atoms with Crippen LogP contribution in [0.2, 0.25) is 0 Å². The molecule has 47 heavy (non-hydrogen) atoms. The van der Waals surface area contributed by atoms with E-state index in [0.29, 0.717) is 24.8 Å². The number of nitrogens with one attached hydrogen (secondary N) is 1. The Bertz CT molecular complexity index is 1430. The second kappa shape index (κ2) is 13.6. The lowest BCUT2D eigenvalue weighted by Crippen LogP contribution is -2.62. The zero-order chi connectivity index (χ0) is 34.1. The van der Waals surface area contributed by atoms with Crippen LogP contribution in [0.5, 0.6) is 0 Å². The van der Waals surface area contributed by atoms with Crippen LogP contribution >= 0.6 is 0 Å². The molecule has 0 heterocycles. The number of hydrogen-bond acceptors (Lipinski definition) is 10. The van der Waals surface area contributed by atoms with Crippen LogP contribution < -0.4 is 5.32 Å². The lowest BCUT2D eigenvalue weighted by atomic mass is 9.45. The van der Waals surface area contributed by atoms with E-state index in [1.165, 1.54) is 0 Å². The van der Waals surface area contributed by atoms with Crippen molar-refractivity contribution < 1.29 is 48.8 Å². The van der Waals surface area contributed by atoms with Gasteiger partial charge in [-0.25, -0.2) is 4.79 Å². The predicted molar refractivity (Wildman–Crippen MR) is 168 cm³/mol. The number of aliphatic hydroxyl groups is 3. The van der Waals surface area contributed by atoms with Gasteiger partial charge in [0.25, 0.3) is 0 Å². The molecule has 0 unspecified atom stereocenters. The van der Waals surface area contributed by atoms with E-state index in [9.17, 15) is 39.3 Å². The van der Waals surface area contributed by atoms with Crippen molar-refractivity contribution in [3.8, 4) is 0 Å². The normalized spacial score (nSPS) is 34.1. The van der Waals surface area contributed by atoms with Gasteiger partial charge in [-0.3, -0.25) is 19.2 Å². The molecule has 0 saturated heterocycles. The molecule has 9 atom stereocenters. The Morgan fingerprint density at radius 3 is 2.45 bits per heavy atom. The molecule has 5 rings (SSSR count). The molecule has 3 saturated carbocycles. The summed E-state index contributed by atoms with van der Waals surface area (Å²) in [6, 6.07) is 6.92. The number of amides is 1. The molecule has 0 spiro atoms. The molecule has 4 aliphatic rings. The Labute approximate surface area is 275 Å². The van der Waals surface area contributed by atoms with Gasteiger partial charge >= 0.3 is 11.9 Å². The van der Waals surface area contributed by atoms with Crippen molar-refractivity contribution in [2.24, 2.45) is 28.6 Å². The first-order valence-corrected chi connectivity index (χ1v) is 16.8. The van der Waals surface area contributed by atoms with Crippen LogP contribution in [-0.4, -0.2) is 75.7 Å². The maximum absolute atomic E-state index is 13.5. The van der Waals surface area contributed by atoms with E-state index < -0.39 is 65.9 Å². The van der Waals surface area contributed by atoms with Crippen molar-refractivity contribution in [2.75, 3.05) is 13.2 Å². The molecule has 1 aromatic rings. The molecule has 4 N–H and O–H groups in total. The molecule has 11 nitrogen and oxygen atoms in total. The molecule has 0 radical (unpaired) electrons. The van der Waals surface area contributed by atoms with Crippen LogP contribution in [0, 0.1) is 28.6 Å². The van der Waals surface area contributed by atoms with E-state index in [-0.39, 0.29) is 54.8 Å². The zero-order valence-electron chi connectivity index (χ0n) is 27.4. The highest BCUT2D eigenvalue weighted by atomic mass is 16.5. The molecule has 0 bridgehead atoms. The molecule has 1 amide bonds.